The van der Waals surface area contributed by atoms with Crippen molar-refractivity contribution in [3.8, 4) is 22.8 Å². The summed E-state index contributed by atoms with van der Waals surface area (Å²) in [5.74, 6) is 0.942. The number of nitrogens with zero attached hydrogens (tertiary/aromatic N) is 3. The molecule has 8 heteroatoms. The Labute approximate surface area is 155 Å². The fourth-order valence-corrected chi connectivity index (χ4v) is 2.51. The molecule has 4 nitrogen and oxygen atoms in total. The van der Waals surface area contributed by atoms with Gasteiger partial charge in [-0.15, -0.1) is 12.4 Å². The molecule has 3 aromatic rings. The highest BCUT2D eigenvalue weighted by Gasteiger charge is 2.30. The first kappa shape index (κ1) is 19.9. The Hall–Kier alpha value is -2.38. The molecule has 0 aliphatic heterocycles. The molecular formula is C18H18ClF3N4. The third-order valence-electron chi connectivity index (χ3n) is 3.66. The number of hydrogen-bond donors (Lipinski definition) is 1. The molecule has 1 N–H and O–H groups in total. The molecule has 0 atom stereocenters. The monoisotopic (exact) mass is 382 g/mol. The zero-order valence-corrected chi connectivity index (χ0v) is 15.0. The molecule has 0 saturated carbocycles. The maximum Gasteiger partial charge on any atom is 0.416 e. The van der Waals surface area contributed by atoms with E-state index in [9.17, 15) is 13.2 Å². The molecule has 0 spiro atoms. The normalized spacial score (nSPS) is 11.5. The lowest BCUT2D eigenvalue weighted by molar-refractivity contribution is -0.137. The van der Waals surface area contributed by atoms with Gasteiger partial charge in [0.1, 0.15) is 0 Å². The second-order valence-corrected chi connectivity index (χ2v) is 6.02. The molecule has 0 radical (unpaired) electrons. The lowest BCUT2D eigenvalue weighted by atomic mass is 10.1. The van der Waals surface area contributed by atoms with Gasteiger partial charge in [-0.1, -0.05) is 30.3 Å². The predicted molar refractivity (Wildman–Crippen MR) is 96.9 cm³/mol. The lowest BCUT2D eigenvalue weighted by Gasteiger charge is -2.09. The molecule has 0 amide bonds. The Kier molecular flexibility index (Phi) is 6.05. The van der Waals surface area contributed by atoms with Crippen molar-refractivity contribution in [3.05, 3.63) is 59.7 Å². The van der Waals surface area contributed by atoms with Crippen LogP contribution in [0.3, 0.4) is 0 Å². The van der Waals surface area contributed by atoms with Crippen LogP contribution >= 0.6 is 12.4 Å². The van der Waals surface area contributed by atoms with E-state index >= 15 is 0 Å². The van der Waals surface area contributed by atoms with E-state index in [2.05, 4.69) is 20.1 Å². The topological polar surface area (TPSA) is 44.8 Å². The average molecular weight is 383 g/mol. The van der Waals surface area contributed by atoms with Gasteiger partial charge >= 0.3 is 6.18 Å². The molecule has 2 aromatic carbocycles. The maximum absolute atomic E-state index is 12.6. The Morgan fingerprint density at radius 2 is 1.69 bits per heavy atom. The summed E-state index contributed by atoms with van der Waals surface area (Å²) < 4.78 is 37.9. The van der Waals surface area contributed by atoms with Crippen molar-refractivity contribution in [1.82, 2.24) is 20.1 Å². The highest BCUT2D eigenvalue weighted by atomic mass is 35.5. The van der Waals surface area contributed by atoms with Gasteiger partial charge in [-0.2, -0.15) is 18.3 Å². The Morgan fingerprint density at radius 3 is 2.31 bits per heavy atom. The fraction of sp³-hybridized carbons (Fsp3) is 0.222. The van der Waals surface area contributed by atoms with E-state index in [1.165, 1.54) is 12.1 Å². The van der Waals surface area contributed by atoms with E-state index in [1.54, 1.807) is 0 Å². The predicted octanol–water partition coefficient (Wildman–Crippen LogP) is 4.64. The summed E-state index contributed by atoms with van der Waals surface area (Å²) in [7, 11) is 3.98. The summed E-state index contributed by atoms with van der Waals surface area (Å²) >= 11 is 0. The smallest absolute Gasteiger partial charge is 0.305 e. The summed E-state index contributed by atoms with van der Waals surface area (Å²) in [5, 5.41) is 6.97. The SMILES string of the molecule is CN(C)Cc1cccc(-c2n[nH]c(-c3ccc(C(F)(F)F)cc3)n2)c1.Cl. The first-order valence-corrected chi connectivity index (χ1v) is 7.67. The lowest BCUT2D eigenvalue weighted by Crippen LogP contribution is -2.10. The molecule has 0 unspecified atom stereocenters. The standard InChI is InChI=1S/C18H17F3N4.ClH/c1-25(2)11-12-4-3-5-14(10-12)17-22-16(23-24-17)13-6-8-15(9-7-13)18(19,20)21;/h3-10H,11H2,1-2H3,(H,22,23,24);1H. The summed E-state index contributed by atoms with van der Waals surface area (Å²) in [6, 6.07) is 12.7. The van der Waals surface area contributed by atoms with Crippen molar-refractivity contribution in [2.75, 3.05) is 14.1 Å². The van der Waals surface area contributed by atoms with Crippen LogP contribution in [0.4, 0.5) is 13.2 Å². The number of rotatable bonds is 4. The van der Waals surface area contributed by atoms with Crippen molar-refractivity contribution in [2.24, 2.45) is 0 Å². The molecule has 0 aliphatic rings. The first-order chi connectivity index (χ1) is 11.8. The summed E-state index contributed by atoms with van der Waals surface area (Å²) in [6.07, 6.45) is -4.35. The molecule has 1 heterocycles. The highest BCUT2D eigenvalue weighted by Crippen LogP contribution is 2.30. The number of benzene rings is 2. The van der Waals surface area contributed by atoms with Gasteiger partial charge in [0.25, 0.3) is 0 Å². The summed E-state index contributed by atoms with van der Waals surface area (Å²) in [6.45, 7) is 0.796. The second-order valence-electron chi connectivity index (χ2n) is 6.02. The van der Waals surface area contributed by atoms with Crippen LogP contribution in [-0.4, -0.2) is 34.2 Å². The molecular weight excluding hydrogens is 365 g/mol. The quantitative estimate of drug-likeness (QED) is 0.715. The second kappa shape index (κ2) is 7.88. The minimum absolute atomic E-state index is 0. The van der Waals surface area contributed by atoms with Crippen LogP contribution in [0.2, 0.25) is 0 Å². The van der Waals surface area contributed by atoms with Gasteiger partial charge < -0.3 is 4.90 Å². The largest absolute Gasteiger partial charge is 0.416 e. The van der Waals surface area contributed by atoms with Crippen LogP contribution in [0, 0.1) is 0 Å². The van der Waals surface area contributed by atoms with E-state index in [0.717, 1.165) is 29.8 Å². The molecule has 1 aromatic heterocycles. The number of nitrogens with one attached hydrogen (secondary N) is 1. The summed E-state index contributed by atoms with van der Waals surface area (Å²) in [4.78, 5) is 6.46. The van der Waals surface area contributed by atoms with Gasteiger partial charge in [0, 0.05) is 17.7 Å². The molecule has 0 bridgehead atoms. The minimum Gasteiger partial charge on any atom is -0.305 e. The Balaban J connectivity index is 0.00000243. The van der Waals surface area contributed by atoms with E-state index < -0.39 is 11.7 Å². The van der Waals surface area contributed by atoms with Crippen LogP contribution in [0.15, 0.2) is 48.5 Å². The van der Waals surface area contributed by atoms with Crippen LogP contribution in [0.1, 0.15) is 11.1 Å². The number of alkyl halides is 3. The van der Waals surface area contributed by atoms with Gasteiger partial charge in [-0.05, 0) is 37.9 Å². The van der Waals surface area contributed by atoms with Gasteiger partial charge in [-0.25, -0.2) is 4.98 Å². The van der Waals surface area contributed by atoms with Gasteiger partial charge in [0.15, 0.2) is 11.6 Å². The Morgan fingerprint density at radius 1 is 1.00 bits per heavy atom. The zero-order chi connectivity index (χ0) is 18.0. The fourth-order valence-electron chi connectivity index (χ4n) is 2.51. The van der Waals surface area contributed by atoms with E-state index in [4.69, 9.17) is 0 Å². The number of halogens is 4. The van der Waals surface area contributed by atoms with Gasteiger partial charge in [-0.3, -0.25) is 5.10 Å². The van der Waals surface area contributed by atoms with Crippen LogP contribution in [0.5, 0.6) is 0 Å². The van der Waals surface area contributed by atoms with Gasteiger partial charge in [0.2, 0.25) is 0 Å². The molecule has 0 fully saturated rings. The number of aromatic nitrogens is 3. The molecule has 0 saturated heterocycles. The first-order valence-electron chi connectivity index (χ1n) is 7.67. The van der Waals surface area contributed by atoms with E-state index in [-0.39, 0.29) is 12.4 Å². The third-order valence-corrected chi connectivity index (χ3v) is 3.66. The van der Waals surface area contributed by atoms with Crippen molar-refractivity contribution < 1.29 is 13.2 Å². The molecule has 0 aliphatic carbocycles. The average Bonchev–Trinajstić information content (AvgIpc) is 3.04. The van der Waals surface area contributed by atoms with Crippen LogP contribution in [-0.2, 0) is 12.7 Å². The molecule has 26 heavy (non-hydrogen) atoms. The van der Waals surface area contributed by atoms with Crippen LogP contribution < -0.4 is 0 Å². The van der Waals surface area contributed by atoms with Crippen molar-refractivity contribution in [2.45, 2.75) is 12.7 Å². The maximum atomic E-state index is 12.6. The molecule has 138 valence electrons. The van der Waals surface area contributed by atoms with Crippen molar-refractivity contribution >= 4 is 12.4 Å². The third kappa shape index (κ3) is 4.62. The van der Waals surface area contributed by atoms with Crippen molar-refractivity contribution in [1.29, 1.82) is 0 Å². The number of hydrogen-bond acceptors (Lipinski definition) is 3. The number of aromatic amines is 1. The zero-order valence-electron chi connectivity index (χ0n) is 14.2. The van der Waals surface area contributed by atoms with Gasteiger partial charge in [0.05, 0.1) is 5.56 Å². The summed E-state index contributed by atoms with van der Waals surface area (Å²) in [5.41, 5.74) is 1.85. The minimum atomic E-state index is -4.35. The molecule has 3 rings (SSSR count). The Bertz CT molecular complexity index is 857. The van der Waals surface area contributed by atoms with E-state index in [0.29, 0.717) is 17.2 Å². The van der Waals surface area contributed by atoms with Crippen molar-refractivity contribution in [3.63, 3.8) is 0 Å². The van der Waals surface area contributed by atoms with Crippen LogP contribution in [0.25, 0.3) is 22.8 Å². The van der Waals surface area contributed by atoms with E-state index in [1.807, 2.05) is 38.4 Å². The number of H-pyrrole nitrogens is 1. The highest BCUT2D eigenvalue weighted by molar-refractivity contribution is 5.85.